The van der Waals surface area contributed by atoms with E-state index in [0.29, 0.717) is 18.4 Å². The number of allylic oxidation sites excluding steroid dienone is 5. The van der Waals surface area contributed by atoms with Gasteiger partial charge in [0.25, 0.3) is 0 Å². The van der Waals surface area contributed by atoms with E-state index in [0.717, 1.165) is 5.56 Å². The van der Waals surface area contributed by atoms with Crippen LogP contribution in [0, 0.1) is 0 Å². The molecule has 0 radical (unpaired) electrons. The van der Waals surface area contributed by atoms with Gasteiger partial charge in [0, 0.05) is 12.5 Å². The molecule has 0 heterocycles. The predicted octanol–water partition coefficient (Wildman–Crippen LogP) is 4.93. The largest absolute Gasteiger partial charge is 0.455 e. The highest BCUT2D eigenvalue weighted by molar-refractivity contribution is 5.83. The first-order chi connectivity index (χ1) is 11.1. The lowest BCUT2D eigenvalue weighted by atomic mass is 9.96. The van der Waals surface area contributed by atoms with Crippen LogP contribution < -0.4 is 0 Å². The van der Waals surface area contributed by atoms with Crippen LogP contribution in [0.3, 0.4) is 0 Å². The minimum absolute atomic E-state index is 0.262. The number of benzene rings is 1. The summed E-state index contributed by atoms with van der Waals surface area (Å²) in [6.07, 6.45) is 10.7. The molecule has 0 aliphatic heterocycles. The molecule has 1 aromatic carbocycles. The zero-order chi connectivity index (χ0) is 16.7. The summed E-state index contributed by atoms with van der Waals surface area (Å²) < 4.78 is 18.7. The standard InChI is InChI=1S/C20H21FO2/c1-3-6-18(21)11-9-15(2)13-20(22)23-19-12-10-16-7-4-5-8-17(16)14-19/h4-13,19H,3,14H2,1-2H3. The lowest BCUT2D eigenvalue weighted by molar-refractivity contribution is -0.140. The zero-order valence-electron chi connectivity index (χ0n) is 13.5. The minimum Gasteiger partial charge on any atom is -0.455 e. The van der Waals surface area contributed by atoms with Gasteiger partial charge in [-0.1, -0.05) is 43.3 Å². The fourth-order valence-corrected chi connectivity index (χ4v) is 2.35. The third kappa shape index (κ3) is 5.37. The van der Waals surface area contributed by atoms with E-state index in [2.05, 4.69) is 0 Å². The highest BCUT2D eigenvalue weighted by atomic mass is 19.1. The first kappa shape index (κ1) is 16.9. The normalized spacial score (nSPS) is 18.1. The summed E-state index contributed by atoms with van der Waals surface area (Å²) in [4.78, 5) is 11.9. The maximum absolute atomic E-state index is 13.2. The summed E-state index contributed by atoms with van der Waals surface area (Å²) in [5.74, 6) is -0.721. The number of fused-ring (bicyclic) bond motifs is 1. The highest BCUT2D eigenvalue weighted by Gasteiger charge is 2.16. The second kappa shape index (κ2) is 8.28. The van der Waals surface area contributed by atoms with Crippen molar-refractivity contribution in [1.29, 1.82) is 0 Å². The van der Waals surface area contributed by atoms with Crippen LogP contribution in [0.4, 0.5) is 4.39 Å². The van der Waals surface area contributed by atoms with Crippen LogP contribution in [0.15, 0.2) is 66.0 Å². The van der Waals surface area contributed by atoms with Crippen LogP contribution in [0.1, 0.15) is 31.4 Å². The van der Waals surface area contributed by atoms with Crippen molar-refractivity contribution in [3.05, 3.63) is 77.2 Å². The number of ether oxygens (including phenoxy) is 1. The van der Waals surface area contributed by atoms with Gasteiger partial charge >= 0.3 is 5.97 Å². The molecule has 0 bridgehead atoms. The van der Waals surface area contributed by atoms with Crippen molar-refractivity contribution >= 4 is 12.0 Å². The summed E-state index contributed by atoms with van der Waals surface area (Å²) in [6, 6.07) is 8.04. The summed E-state index contributed by atoms with van der Waals surface area (Å²) in [7, 11) is 0. The van der Waals surface area contributed by atoms with Gasteiger partial charge in [-0.05, 0) is 48.3 Å². The van der Waals surface area contributed by atoms with Gasteiger partial charge in [0.1, 0.15) is 11.9 Å². The minimum atomic E-state index is -0.416. The first-order valence-corrected chi connectivity index (χ1v) is 7.77. The number of rotatable bonds is 5. The van der Waals surface area contributed by atoms with E-state index in [-0.39, 0.29) is 11.9 Å². The second-order valence-corrected chi connectivity index (χ2v) is 5.46. The molecule has 0 saturated carbocycles. The topological polar surface area (TPSA) is 26.3 Å². The SMILES string of the molecule is CCC=C(F)C=CC(C)=CC(=O)OC1C=Cc2ccccc2C1. The molecule has 0 saturated heterocycles. The van der Waals surface area contributed by atoms with E-state index in [9.17, 15) is 9.18 Å². The smallest absolute Gasteiger partial charge is 0.331 e. The second-order valence-electron chi connectivity index (χ2n) is 5.46. The van der Waals surface area contributed by atoms with Crippen molar-refractivity contribution in [2.24, 2.45) is 0 Å². The number of hydrogen-bond donors (Lipinski definition) is 0. The lowest BCUT2D eigenvalue weighted by Crippen LogP contribution is -2.20. The molecule has 120 valence electrons. The van der Waals surface area contributed by atoms with Gasteiger partial charge in [-0.3, -0.25) is 0 Å². The van der Waals surface area contributed by atoms with Crippen molar-refractivity contribution in [2.75, 3.05) is 0 Å². The third-order valence-corrected chi connectivity index (χ3v) is 3.48. The van der Waals surface area contributed by atoms with Crippen LogP contribution in [-0.4, -0.2) is 12.1 Å². The summed E-state index contributed by atoms with van der Waals surface area (Å²) in [5.41, 5.74) is 2.97. The van der Waals surface area contributed by atoms with E-state index < -0.39 is 5.97 Å². The Morgan fingerprint density at radius 3 is 2.91 bits per heavy atom. The molecule has 1 aliphatic rings. The first-order valence-electron chi connectivity index (χ1n) is 7.77. The Hall–Kier alpha value is -2.42. The fraction of sp³-hybridized carbons (Fsp3) is 0.250. The Balaban J connectivity index is 1.93. The summed E-state index contributed by atoms with van der Waals surface area (Å²) in [5, 5.41) is 0. The van der Waals surface area contributed by atoms with E-state index in [1.165, 1.54) is 23.8 Å². The Morgan fingerprint density at radius 1 is 1.35 bits per heavy atom. The number of halogens is 1. The predicted molar refractivity (Wildman–Crippen MR) is 91.4 cm³/mol. The Labute approximate surface area is 136 Å². The molecule has 0 amide bonds. The third-order valence-electron chi connectivity index (χ3n) is 3.48. The van der Waals surface area contributed by atoms with Gasteiger partial charge in [-0.25, -0.2) is 9.18 Å². The van der Waals surface area contributed by atoms with Crippen molar-refractivity contribution in [3.8, 4) is 0 Å². The average molecular weight is 312 g/mol. The molecule has 1 atom stereocenters. The van der Waals surface area contributed by atoms with Crippen LogP contribution in [0.2, 0.25) is 0 Å². The molecule has 2 nitrogen and oxygen atoms in total. The van der Waals surface area contributed by atoms with Gasteiger partial charge in [0.2, 0.25) is 0 Å². The van der Waals surface area contributed by atoms with Crippen LogP contribution in [0.25, 0.3) is 6.08 Å². The molecule has 1 aliphatic carbocycles. The van der Waals surface area contributed by atoms with Gasteiger partial charge in [-0.15, -0.1) is 0 Å². The monoisotopic (exact) mass is 312 g/mol. The molecule has 0 N–H and O–H groups in total. The molecule has 1 aromatic rings. The molecule has 23 heavy (non-hydrogen) atoms. The molecule has 1 unspecified atom stereocenters. The molecule has 0 fully saturated rings. The number of carbonyl (C=O) groups excluding carboxylic acids is 1. The number of hydrogen-bond acceptors (Lipinski definition) is 2. The van der Waals surface area contributed by atoms with Crippen molar-refractivity contribution in [3.63, 3.8) is 0 Å². The average Bonchev–Trinajstić information content (AvgIpc) is 2.53. The van der Waals surface area contributed by atoms with E-state index in [1.807, 2.05) is 43.3 Å². The molecular weight excluding hydrogens is 291 g/mol. The van der Waals surface area contributed by atoms with E-state index in [4.69, 9.17) is 4.74 Å². The lowest BCUT2D eigenvalue weighted by Gasteiger charge is -2.19. The summed E-state index contributed by atoms with van der Waals surface area (Å²) in [6.45, 7) is 3.60. The Kier molecular flexibility index (Phi) is 6.10. The fourth-order valence-electron chi connectivity index (χ4n) is 2.35. The Bertz CT molecular complexity index is 681. The maximum Gasteiger partial charge on any atom is 0.331 e. The van der Waals surface area contributed by atoms with Crippen LogP contribution >= 0.6 is 0 Å². The van der Waals surface area contributed by atoms with E-state index >= 15 is 0 Å². The molecule has 0 spiro atoms. The highest BCUT2D eigenvalue weighted by Crippen LogP contribution is 2.20. The Morgan fingerprint density at radius 2 is 2.13 bits per heavy atom. The molecular formula is C20H21FO2. The van der Waals surface area contributed by atoms with E-state index in [1.54, 1.807) is 13.0 Å². The van der Waals surface area contributed by atoms with Gasteiger partial charge in [0.05, 0.1) is 0 Å². The zero-order valence-corrected chi connectivity index (χ0v) is 13.5. The van der Waals surface area contributed by atoms with Crippen molar-refractivity contribution < 1.29 is 13.9 Å². The number of esters is 1. The maximum atomic E-state index is 13.2. The summed E-state index contributed by atoms with van der Waals surface area (Å²) >= 11 is 0. The quantitative estimate of drug-likeness (QED) is 0.437. The molecule has 2 rings (SSSR count). The molecule has 3 heteroatoms. The van der Waals surface area contributed by atoms with Crippen LogP contribution in [0.5, 0.6) is 0 Å². The van der Waals surface area contributed by atoms with Crippen molar-refractivity contribution in [2.45, 2.75) is 32.8 Å². The van der Waals surface area contributed by atoms with Gasteiger partial charge in [-0.2, -0.15) is 0 Å². The van der Waals surface area contributed by atoms with Gasteiger partial charge < -0.3 is 4.74 Å². The molecule has 0 aromatic heterocycles. The van der Waals surface area contributed by atoms with Crippen LogP contribution in [-0.2, 0) is 16.0 Å². The van der Waals surface area contributed by atoms with Crippen molar-refractivity contribution in [1.82, 2.24) is 0 Å². The van der Waals surface area contributed by atoms with Gasteiger partial charge in [0.15, 0.2) is 0 Å². The number of carbonyl (C=O) groups is 1.